The summed E-state index contributed by atoms with van der Waals surface area (Å²) >= 11 is 0. The van der Waals surface area contributed by atoms with Crippen LogP contribution in [0.2, 0.25) is 0 Å². The van der Waals surface area contributed by atoms with Crippen LogP contribution in [0, 0.1) is 13.8 Å². The highest BCUT2D eigenvalue weighted by Gasteiger charge is 2.21. The Morgan fingerprint density at radius 1 is 1.11 bits per heavy atom. The zero-order chi connectivity index (χ0) is 18.6. The van der Waals surface area contributed by atoms with Gasteiger partial charge in [0.1, 0.15) is 0 Å². The van der Waals surface area contributed by atoms with Gasteiger partial charge in [0.15, 0.2) is 13.3 Å². The number of anilines is 1. The van der Waals surface area contributed by atoms with Crippen LogP contribution < -0.4 is 20.5 Å². The van der Waals surface area contributed by atoms with Crippen LogP contribution in [0.5, 0.6) is 0 Å². The third kappa shape index (κ3) is 4.23. The maximum absolute atomic E-state index is 4.66. The minimum atomic E-state index is 0.619. The van der Waals surface area contributed by atoms with E-state index in [1.165, 1.54) is 16.0 Å². The Morgan fingerprint density at radius 3 is 2.74 bits per heavy atom. The van der Waals surface area contributed by atoms with Crippen molar-refractivity contribution in [2.24, 2.45) is 0 Å². The van der Waals surface area contributed by atoms with Crippen LogP contribution in [-0.2, 0) is 6.42 Å². The molecule has 2 aromatic carbocycles. The quantitative estimate of drug-likeness (QED) is 0.516. The van der Waals surface area contributed by atoms with Crippen LogP contribution in [0.25, 0.3) is 10.9 Å². The summed E-state index contributed by atoms with van der Waals surface area (Å²) < 4.78 is 0. The van der Waals surface area contributed by atoms with Crippen molar-refractivity contribution in [1.29, 1.82) is 0 Å². The average Bonchev–Trinajstić information content (AvgIpc) is 2.68. The van der Waals surface area contributed by atoms with Gasteiger partial charge in [0.25, 0.3) is 5.95 Å². The number of aromatic nitrogens is 2. The van der Waals surface area contributed by atoms with Gasteiger partial charge in [0.2, 0.25) is 0 Å². The number of nitrogens with zero attached hydrogens (tertiary/aromatic N) is 2. The van der Waals surface area contributed by atoms with Crippen molar-refractivity contribution in [2.75, 3.05) is 25.2 Å². The summed E-state index contributed by atoms with van der Waals surface area (Å²) in [5, 5.41) is 7.79. The van der Waals surface area contributed by atoms with E-state index in [-0.39, 0.29) is 0 Å². The predicted octanol–water partition coefficient (Wildman–Crippen LogP) is -0.259. The number of aryl methyl sites for hydroxylation is 2. The largest absolute Gasteiger partial charge is 0.359 e. The maximum Gasteiger partial charge on any atom is 0.359 e. The van der Waals surface area contributed by atoms with Gasteiger partial charge in [-0.1, -0.05) is 42.5 Å². The fourth-order valence-corrected chi connectivity index (χ4v) is 3.35. The van der Waals surface area contributed by atoms with E-state index in [4.69, 9.17) is 0 Å². The smallest absolute Gasteiger partial charge is 0.276 e. The Balaban J connectivity index is 1.39. The van der Waals surface area contributed by atoms with E-state index < -0.39 is 0 Å². The third-order valence-electron chi connectivity index (χ3n) is 4.92. The highest BCUT2D eigenvalue weighted by atomic mass is 15.4. The Bertz CT molecular complexity index is 967. The first kappa shape index (κ1) is 17.4. The lowest BCUT2D eigenvalue weighted by Gasteiger charge is -2.20. The monoisotopic (exact) mass is 362 g/mol. The van der Waals surface area contributed by atoms with Crippen LogP contribution in [-0.4, -0.2) is 35.8 Å². The molecule has 1 unspecified atom stereocenters. The minimum absolute atomic E-state index is 0.619. The fourth-order valence-electron chi connectivity index (χ4n) is 3.35. The van der Waals surface area contributed by atoms with Gasteiger partial charge in [-0.3, -0.25) is 4.90 Å². The van der Waals surface area contributed by atoms with Gasteiger partial charge in [-0.15, -0.1) is 0 Å². The van der Waals surface area contributed by atoms with Crippen molar-refractivity contribution < 1.29 is 9.89 Å². The molecule has 0 spiro atoms. The molecule has 1 aromatic heterocycles. The maximum atomic E-state index is 4.66. The standard InChI is InChI=1S/C21H24N6/c1-15-8-9-18-16(2)24-21(25-19(18)12-15)26-20-22-13-27(14-23-20)11-10-17-6-4-3-5-7-17/h3-9,12H,10-11,13-14H2,1-2H3,(H2,22,23,24,25,26)/p+2. The molecule has 0 bridgehead atoms. The molecule has 1 aliphatic rings. The number of quaternary nitrogens is 1. The summed E-state index contributed by atoms with van der Waals surface area (Å²) in [5.74, 6) is 1.48. The molecule has 6 nitrogen and oxygen atoms in total. The number of benzene rings is 2. The molecule has 4 N–H and O–H groups in total. The zero-order valence-corrected chi connectivity index (χ0v) is 15.8. The second-order valence-corrected chi connectivity index (χ2v) is 7.10. The number of nitrogens with one attached hydrogen (secondary N) is 4. The Hall–Kier alpha value is -2.99. The van der Waals surface area contributed by atoms with Gasteiger partial charge in [-0.25, -0.2) is 20.6 Å². The van der Waals surface area contributed by atoms with E-state index in [1.807, 2.05) is 6.92 Å². The molecule has 2 heterocycles. The van der Waals surface area contributed by atoms with E-state index in [9.17, 15) is 0 Å². The molecule has 6 heteroatoms. The van der Waals surface area contributed by atoms with E-state index in [2.05, 4.69) is 81.0 Å². The van der Waals surface area contributed by atoms with Gasteiger partial charge < -0.3 is 0 Å². The molecule has 4 rings (SSSR count). The van der Waals surface area contributed by atoms with Crippen LogP contribution in [0.3, 0.4) is 0 Å². The minimum Gasteiger partial charge on any atom is -0.276 e. The SMILES string of the molecule is Cc1ccc2c(C)nc(NC3=[NH+]C[NH+](CCc4ccccc4)CN3)nc2c1. The first-order valence-corrected chi connectivity index (χ1v) is 9.41. The van der Waals surface area contributed by atoms with Gasteiger partial charge in [0, 0.05) is 11.8 Å². The van der Waals surface area contributed by atoms with E-state index in [1.54, 1.807) is 0 Å². The molecule has 138 valence electrons. The molecule has 0 saturated heterocycles. The fraction of sp³-hybridized carbons (Fsp3) is 0.286. The summed E-state index contributed by atoms with van der Waals surface area (Å²) in [6.45, 7) is 6.92. The van der Waals surface area contributed by atoms with Gasteiger partial charge in [-0.05, 0) is 31.0 Å². The third-order valence-corrected chi connectivity index (χ3v) is 4.92. The highest BCUT2D eigenvalue weighted by molar-refractivity contribution is 5.89. The van der Waals surface area contributed by atoms with Crippen molar-refractivity contribution in [3.8, 4) is 0 Å². The van der Waals surface area contributed by atoms with E-state index in [0.717, 1.165) is 48.9 Å². The lowest BCUT2D eigenvalue weighted by molar-refractivity contribution is -0.980. The van der Waals surface area contributed by atoms with Gasteiger partial charge in [-0.2, -0.15) is 4.98 Å². The van der Waals surface area contributed by atoms with Crippen molar-refractivity contribution in [3.63, 3.8) is 0 Å². The Labute approximate surface area is 159 Å². The van der Waals surface area contributed by atoms with Gasteiger partial charge in [0.05, 0.1) is 17.8 Å². The van der Waals surface area contributed by atoms with Crippen LogP contribution in [0.15, 0.2) is 48.5 Å². The van der Waals surface area contributed by atoms with Gasteiger partial charge >= 0.3 is 5.96 Å². The lowest BCUT2D eigenvalue weighted by Crippen LogP contribution is -3.24. The molecule has 0 fully saturated rings. The zero-order valence-electron chi connectivity index (χ0n) is 15.8. The number of hydrogen-bond acceptors (Lipinski definition) is 4. The number of guanidine groups is 1. The molecule has 3 aromatic rings. The predicted molar refractivity (Wildman–Crippen MR) is 107 cm³/mol. The molecule has 0 amide bonds. The summed E-state index contributed by atoms with van der Waals surface area (Å²) in [5.41, 5.74) is 4.53. The van der Waals surface area contributed by atoms with E-state index >= 15 is 0 Å². The number of rotatable bonds is 4. The molecule has 1 atom stereocenters. The van der Waals surface area contributed by atoms with Crippen LogP contribution in [0.1, 0.15) is 16.8 Å². The molecule has 1 aliphatic heterocycles. The van der Waals surface area contributed by atoms with Crippen molar-refractivity contribution >= 4 is 22.8 Å². The average molecular weight is 362 g/mol. The van der Waals surface area contributed by atoms with Crippen molar-refractivity contribution in [3.05, 3.63) is 65.4 Å². The normalized spacial score (nSPS) is 16.7. The number of fused-ring (bicyclic) bond motifs is 1. The van der Waals surface area contributed by atoms with E-state index in [0.29, 0.717) is 5.95 Å². The highest BCUT2D eigenvalue weighted by Crippen LogP contribution is 2.18. The molecule has 0 radical (unpaired) electrons. The Morgan fingerprint density at radius 2 is 1.96 bits per heavy atom. The van der Waals surface area contributed by atoms with Crippen LogP contribution in [0.4, 0.5) is 5.95 Å². The van der Waals surface area contributed by atoms with Crippen molar-refractivity contribution in [1.82, 2.24) is 15.3 Å². The Kier molecular flexibility index (Phi) is 4.98. The van der Waals surface area contributed by atoms with Crippen molar-refractivity contribution in [2.45, 2.75) is 20.3 Å². The lowest BCUT2D eigenvalue weighted by atomic mass is 10.1. The molecule has 0 saturated carbocycles. The topological polar surface area (TPSA) is 68.2 Å². The molecule has 0 aliphatic carbocycles. The van der Waals surface area contributed by atoms with Crippen LogP contribution >= 0.6 is 0 Å². The second kappa shape index (κ2) is 7.72. The first-order chi connectivity index (χ1) is 13.2. The molecular formula is C21H26N6+2. The number of hydrogen-bond donors (Lipinski definition) is 4. The first-order valence-electron chi connectivity index (χ1n) is 9.41. The second-order valence-electron chi connectivity index (χ2n) is 7.10. The molecular weight excluding hydrogens is 336 g/mol. The summed E-state index contributed by atoms with van der Waals surface area (Å²) in [7, 11) is 0. The summed E-state index contributed by atoms with van der Waals surface area (Å²) in [6, 6.07) is 16.9. The summed E-state index contributed by atoms with van der Waals surface area (Å²) in [4.78, 5) is 14.1. The molecule has 27 heavy (non-hydrogen) atoms. The summed E-state index contributed by atoms with van der Waals surface area (Å²) in [6.07, 6.45) is 1.08.